The maximum atomic E-state index is 12.2. The molecule has 2 N–H and O–H groups in total. The average molecular weight is 426 g/mol. The predicted molar refractivity (Wildman–Crippen MR) is 117 cm³/mol. The molecule has 0 fully saturated rings. The fourth-order valence-corrected chi connectivity index (χ4v) is 3.50. The lowest BCUT2D eigenvalue weighted by atomic mass is 10.1. The van der Waals surface area contributed by atoms with Gasteiger partial charge in [0.05, 0.1) is 18.6 Å². The van der Waals surface area contributed by atoms with Gasteiger partial charge < -0.3 is 14.4 Å². The van der Waals surface area contributed by atoms with Gasteiger partial charge in [-0.3, -0.25) is 4.79 Å². The number of methoxy groups -OCH3 is 1. The van der Waals surface area contributed by atoms with Crippen LogP contribution in [0.15, 0.2) is 58.8 Å². The van der Waals surface area contributed by atoms with Crippen LogP contribution in [-0.2, 0) is 11.3 Å². The minimum atomic E-state index is -0.241. The molecule has 0 saturated heterocycles. The summed E-state index contributed by atoms with van der Waals surface area (Å²) in [6.07, 6.45) is 0. The van der Waals surface area contributed by atoms with Crippen molar-refractivity contribution in [2.45, 2.75) is 25.5 Å². The van der Waals surface area contributed by atoms with Crippen LogP contribution in [0.1, 0.15) is 19.4 Å². The lowest BCUT2D eigenvalue weighted by Gasteiger charge is -2.08. The zero-order chi connectivity index (χ0) is 21.5. The molecule has 30 heavy (non-hydrogen) atoms. The van der Waals surface area contributed by atoms with E-state index in [1.54, 1.807) is 38.3 Å². The number of ether oxygens (including phenoxy) is 1. The van der Waals surface area contributed by atoms with Crippen LogP contribution in [-0.4, -0.2) is 44.4 Å². The summed E-state index contributed by atoms with van der Waals surface area (Å²) < 4.78 is 7.15. The molecule has 0 bridgehead atoms. The number of benzene rings is 2. The molecular formula is C21H23N5O3S. The van der Waals surface area contributed by atoms with E-state index in [0.717, 1.165) is 22.7 Å². The number of amides is 1. The van der Waals surface area contributed by atoms with Crippen LogP contribution in [0.5, 0.6) is 11.5 Å². The molecule has 1 amide bonds. The van der Waals surface area contributed by atoms with Crippen LogP contribution in [0.4, 0.5) is 0 Å². The molecule has 0 aliphatic carbocycles. The summed E-state index contributed by atoms with van der Waals surface area (Å²) in [6.45, 7) is 4.47. The Hall–Kier alpha value is -3.33. The number of carbonyl (C=O) groups is 1. The monoisotopic (exact) mass is 425 g/mol. The second kappa shape index (κ2) is 9.93. The van der Waals surface area contributed by atoms with E-state index >= 15 is 0 Å². The van der Waals surface area contributed by atoms with Crippen molar-refractivity contribution in [2.24, 2.45) is 5.10 Å². The first kappa shape index (κ1) is 21.4. The summed E-state index contributed by atoms with van der Waals surface area (Å²) in [4.78, 5) is 12.2. The zero-order valence-corrected chi connectivity index (χ0v) is 17.8. The largest absolute Gasteiger partial charge is 0.508 e. The van der Waals surface area contributed by atoms with E-state index in [1.165, 1.54) is 11.8 Å². The smallest absolute Gasteiger partial charge is 0.250 e. The Morgan fingerprint density at radius 2 is 1.87 bits per heavy atom. The van der Waals surface area contributed by atoms with Crippen molar-refractivity contribution in [3.05, 3.63) is 54.1 Å². The lowest BCUT2D eigenvalue weighted by molar-refractivity contribution is -0.118. The minimum absolute atomic E-state index is 0.160. The second-order valence-electron chi connectivity index (χ2n) is 6.35. The second-order valence-corrected chi connectivity index (χ2v) is 7.29. The summed E-state index contributed by atoms with van der Waals surface area (Å²) in [6, 6.07) is 14.2. The van der Waals surface area contributed by atoms with E-state index in [2.05, 4.69) is 20.7 Å². The fourth-order valence-electron chi connectivity index (χ4n) is 2.71. The normalized spacial score (nSPS) is 11.4. The fraction of sp³-hybridized carbons (Fsp3) is 0.238. The van der Waals surface area contributed by atoms with E-state index in [9.17, 15) is 9.90 Å². The summed E-state index contributed by atoms with van der Waals surface area (Å²) in [5.41, 5.74) is 4.94. The first-order valence-electron chi connectivity index (χ1n) is 9.34. The molecule has 0 saturated carbocycles. The van der Waals surface area contributed by atoms with Gasteiger partial charge in [-0.15, -0.1) is 10.2 Å². The molecule has 0 atom stereocenters. The quantitative estimate of drug-likeness (QED) is 0.326. The van der Waals surface area contributed by atoms with Gasteiger partial charge in [0.15, 0.2) is 11.0 Å². The molecule has 156 valence electrons. The van der Waals surface area contributed by atoms with E-state index in [4.69, 9.17) is 4.74 Å². The molecule has 3 rings (SSSR count). The highest BCUT2D eigenvalue weighted by molar-refractivity contribution is 7.99. The highest BCUT2D eigenvalue weighted by atomic mass is 32.2. The van der Waals surface area contributed by atoms with Crippen molar-refractivity contribution in [1.82, 2.24) is 20.2 Å². The number of nitrogens with one attached hydrogen (secondary N) is 1. The predicted octanol–water partition coefficient (Wildman–Crippen LogP) is 3.31. The topological polar surface area (TPSA) is 102 Å². The van der Waals surface area contributed by atoms with Crippen LogP contribution in [0, 0.1) is 0 Å². The molecule has 2 aromatic carbocycles. The van der Waals surface area contributed by atoms with Crippen LogP contribution >= 0.6 is 11.8 Å². The van der Waals surface area contributed by atoms with Gasteiger partial charge in [-0.2, -0.15) is 5.10 Å². The molecule has 1 aromatic heterocycles. The lowest BCUT2D eigenvalue weighted by Crippen LogP contribution is -2.21. The summed E-state index contributed by atoms with van der Waals surface area (Å²) in [5, 5.41) is 22.6. The zero-order valence-electron chi connectivity index (χ0n) is 17.0. The van der Waals surface area contributed by atoms with Gasteiger partial charge in [-0.05, 0) is 67.9 Å². The molecule has 0 aliphatic rings. The molecule has 9 heteroatoms. The molecule has 0 aliphatic heterocycles. The molecule has 1 heterocycles. The number of hydrazone groups is 1. The van der Waals surface area contributed by atoms with Gasteiger partial charge in [0, 0.05) is 12.1 Å². The number of thioether (sulfide) groups is 1. The standard InChI is InChI=1S/C21H23N5O3S/c1-4-26-20(16-7-11-18(29-3)12-8-16)24-25-21(26)30-13-19(28)23-22-14(2)15-5-9-17(27)10-6-15/h5-12,27H,4,13H2,1-3H3,(H,23,28)/b22-14-. The molecule has 0 radical (unpaired) electrons. The number of hydrogen-bond donors (Lipinski definition) is 2. The first-order valence-corrected chi connectivity index (χ1v) is 10.3. The Morgan fingerprint density at radius 1 is 1.17 bits per heavy atom. The van der Waals surface area contributed by atoms with Crippen LogP contribution in [0.3, 0.4) is 0 Å². The van der Waals surface area contributed by atoms with Crippen molar-refractivity contribution >= 4 is 23.4 Å². The van der Waals surface area contributed by atoms with Gasteiger partial charge in [-0.25, -0.2) is 5.43 Å². The first-order chi connectivity index (χ1) is 14.5. The number of phenolic OH excluding ortho intramolecular Hbond substituents is 1. The molecule has 3 aromatic rings. The van der Waals surface area contributed by atoms with E-state index in [1.807, 2.05) is 35.8 Å². The Bertz CT molecular complexity index is 1030. The molecular weight excluding hydrogens is 402 g/mol. The van der Waals surface area contributed by atoms with Crippen molar-refractivity contribution < 1.29 is 14.6 Å². The van der Waals surface area contributed by atoms with Crippen molar-refractivity contribution in [3.63, 3.8) is 0 Å². The number of aromatic hydroxyl groups is 1. The number of phenols is 1. The Morgan fingerprint density at radius 3 is 2.50 bits per heavy atom. The number of aromatic nitrogens is 3. The third kappa shape index (κ3) is 5.18. The third-order valence-corrected chi connectivity index (χ3v) is 5.31. The SMILES string of the molecule is CCn1c(SCC(=O)N/N=C(/C)c2ccc(O)cc2)nnc1-c1ccc(OC)cc1. The highest BCUT2D eigenvalue weighted by Gasteiger charge is 2.14. The molecule has 0 unspecified atom stereocenters. The highest BCUT2D eigenvalue weighted by Crippen LogP contribution is 2.25. The maximum Gasteiger partial charge on any atom is 0.250 e. The summed E-state index contributed by atoms with van der Waals surface area (Å²) in [7, 11) is 1.62. The van der Waals surface area contributed by atoms with E-state index in [-0.39, 0.29) is 17.4 Å². The van der Waals surface area contributed by atoms with Gasteiger partial charge in [0.1, 0.15) is 11.5 Å². The van der Waals surface area contributed by atoms with Gasteiger partial charge in [0.2, 0.25) is 0 Å². The van der Waals surface area contributed by atoms with Crippen molar-refractivity contribution in [3.8, 4) is 22.9 Å². The Labute approximate surface area is 179 Å². The third-order valence-electron chi connectivity index (χ3n) is 4.35. The van der Waals surface area contributed by atoms with Crippen LogP contribution in [0.2, 0.25) is 0 Å². The molecule has 8 nitrogen and oxygen atoms in total. The van der Waals surface area contributed by atoms with E-state index in [0.29, 0.717) is 17.4 Å². The summed E-state index contributed by atoms with van der Waals surface area (Å²) in [5.74, 6) is 1.61. The maximum absolute atomic E-state index is 12.2. The van der Waals surface area contributed by atoms with Crippen molar-refractivity contribution in [1.29, 1.82) is 0 Å². The minimum Gasteiger partial charge on any atom is -0.508 e. The molecule has 0 spiro atoms. The Kier molecular flexibility index (Phi) is 7.08. The summed E-state index contributed by atoms with van der Waals surface area (Å²) >= 11 is 1.30. The van der Waals surface area contributed by atoms with Crippen LogP contribution < -0.4 is 10.2 Å². The average Bonchev–Trinajstić information content (AvgIpc) is 3.19. The number of carbonyl (C=O) groups excluding carboxylic acids is 1. The number of rotatable bonds is 8. The van der Waals surface area contributed by atoms with E-state index < -0.39 is 0 Å². The van der Waals surface area contributed by atoms with Crippen LogP contribution in [0.25, 0.3) is 11.4 Å². The van der Waals surface area contributed by atoms with Gasteiger partial charge in [0.25, 0.3) is 5.91 Å². The Balaban J connectivity index is 1.62. The van der Waals surface area contributed by atoms with Gasteiger partial charge in [-0.1, -0.05) is 11.8 Å². The van der Waals surface area contributed by atoms with Gasteiger partial charge >= 0.3 is 0 Å². The number of hydrogen-bond acceptors (Lipinski definition) is 7. The number of nitrogens with zero attached hydrogens (tertiary/aromatic N) is 4. The van der Waals surface area contributed by atoms with Crippen molar-refractivity contribution in [2.75, 3.05) is 12.9 Å².